The molecule has 0 spiro atoms. The predicted octanol–water partition coefficient (Wildman–Crippen LogP) is 16.8. The third-order valence-corrected chi connectivity index (χ3v) is 12.4. The lowest BCUT2D eigenvalue weighted by Crippen LogP contribution is -2.12. The molecule has 0 saturated heterocycles. The van der Waals surface area contributed by atoms with E-state index < -0.39 is 0 Å². The van der Waals surface area contributed by atoms with Crippen molar-refractivity contribution in [2.24, 2.45) is 0 Å². The summed E-state index contributed by atoms with van der Waals surface area (Å²) in [5.74, 6) is 0. The summed E-state index contributed by atoms with van der Waals surface area (Å²) in [7, 11) is 0. The summed E-state index contributed by atoms with van der Waals surface area (Å²) in [4.78, 5) is 2.41. The molecule has 296 valence electrons. The van der Waals surface area contributed by atoms with Gasteiger partial charge in [-0.1, -0.05) is 194 Å². The zero-order valence-corrected chi connectivity index (χ0v) is 34.4. The van der Waals surface area contributed by atoms with Crippen molar-refractivity contribution in [2.45, 2.75) is 0 Å². The Morgan fingerprint density at radius 2 is 0.794 bits per heavy atom. The maximum absolute atomic E-state index is 6.64. The predicted molar refractivity (Wildman–Crippen MR) is 264 cm³/mol. The lowest BCUT2D eigenvalue weighted by atomic mass is 9.93. The number of hydrogen-bond donors (Lipinski definition) is 0. The Labute approximate surface area is 366 Å². The molecule has 0 fully saturated rings. The highest BCUT2D eigenvalue weighted by Crippen LogP contribution is 2.47. The van der Waals surface area contributed by atoms with Crippen LogP contribution in [-0.4, -0.2) is 4.57 Å². The van der Waals surface area contributed by atoms with Crippen molar-refractivity contribution in [3.63, 3.8) is 0 Å². The summed E-state index contributed by atoms with van der Waals surface area (Å²) < 4.78 is 9.07. The van der Waals surface area contributed by atoms with Crippen molar-refractivity contribution in [3.05, 3.63) is 243 Å². The monoisotopic (exact) mass is 804 g/mol. The molecule has 0 aliphatic heterocycles. The van der Waals surface area contributed by atoms with Crippen LogP contribution in [0.4, 0.5) is 17.1 Å². The minimum absolute atomic E-state index is 0.885. The average molecular weight is 805 g/mol. The Morgan fingerprint density at radius 3 is 1.52 bits per heavy atom. The molecule has 0 amide bonds. The van der Waals surface area contributed by atoms with E-state index in [1.54, 1.807) is 0 Å². The van der Waals surface area contributed by atoms with Gasteiger partial charge in [0.1, 0.15) is 11.2 Å². The zero-order valence-electron chi connectivity index (χ0n) is 34.4. The van der Waals surface area contributed by atoms with Gasteiger partial charge in [0.05, 0.1) is 28.1 Å². The number of anilines is 3. The molecule has 12 aromatic rings. The van der Waals surface area contributed by atoms with Crippen molar-refractivity contribution in [2.75, 3.05) is 4.90 Å². The second-order valence-corrected chi connectivity index (χ2v) is 16.0. The van der Waals surface area contributed by atoms with Gasteiger partial charge in [-0.05, 0) is 70.8 Å². The Bertz CT molecular complexity index is 3580. The van der Waals surface area contributed by atoms with E-state index in [-0.39, 0.29) is 0 Å². The molecule has 0 unspecified atom stereocenters. The standard InChI is InChI=1S/C60H40N2O/c1-2-19-41(20-3-1)45-22-6-12-31-54(45)61(55-32-13-10-27-50(55)52-29-18-30-53-51-28-11-17-36-59(51)63-60(52)53)43-39-37-42(38-40-43)44-21-4-5-23-46(44)47-24-7-14-33-56(47)62-57-34-15-8-25-48(57)49-26-9-16-35-58(49)62/h1-40H. The van der Waals surface area contributed by atoms with E-state index in [1.165, 1.54) is 38.5 Å². The van der Waals surface area contributed by atoms with Gasteiger partial charge in [-0.15, -0.1) is 0 Å². The summed E-state index contributed by atoms with van der Waals surface area (Å²) in [6.45, 7) is 0. The number of rotatable bonds is 8. The van der Waals surface area contributed by atoms with Crippen LogP contribution in [-0.2, 0) is 0 Å². The van der Waals surface area contributed by atoms with Crippen LogP contribution in [0.15, 0.2) is 247 Å². The highest BCUT2D eigenvalue weighted by molar-refractivity contribution is 6.12. The van der Waals surface area contributed by atoms with Gasteiger partial charge < -0.3 is 13.9 Å². The quantitative estimate of drug-likeness (QED) is 0.153. The van der Waals surface area contributed by atoms with Crippen LogP contribution in [0.25, 0.3) is 93.9 Å². The molecule has 0 aliphatic rings. The van der Waals surface area contributed by atoms with Crippen molar-refractivity contribution < 1.29 is 4.42 Å². The molecule has 0 atom stereocenters. The fourth-order valence-corrected chi connectivity index (χ4v) is 9.63. The number of benzene rings is 10. The van der Waals surface area contributed by atoms with Crippen LogP contribution in [0.1, 0.15) is 0 Å². The Kier molecular flexibility index (Phi) is 8.83. The average Bonchev–Trinajstić information content (AvgIpc) is 3.91. The van der Waals surface area contributed by atoms with Crippen LogP contribution in [0.5, 0.6) is 0 Å². The second kappa shape index (κ2) is 15.3. The van der Waals surface area contributed by atoms with Gasteiger partial charge in [0.25, 0.3) is 0 Å². The van der Waals surface area contributed by atoms with Gasteiger partial charge in [0, 0.05) is 49.5 Å². The SMILES string of the molecule is c1ccc(-c2ccccc2N(c2ccc(-c3ccccc3-c3ccccc3-n3c4ccccc4c4ccccc43)cc2)c2ccccc2-c2cccc3c2oc2ccccc23)cc1. The lowest BCUT2D eigenvalue weighted by molar-refractivity contribution is 0.670. The molecular formula is C60H40N2O. The molecule has 3 heteroatoms. The van der Waals surface area contributed by atoms with Crippen molar-refractivity contribution in [1.82, 2.24) is 4.57 Å². The topological polar surface area (TPSA) is 21.3 Å². The van der Waals surface area contributed by atoms with E-state index in [9.17, 15) is 0 Å². The highest BCUT2D eigenvalue weighted by atomic mass is 16.3. The molecule has 0 N–H and O–H groups in total. The number of hydrogen-bond acceptors (Lipinski definition) is 2. The van der Waals surface area contributed by atoms with Gasteiger partial charge in [0.2, 0.25) is 0 Å². The molecular weight excluding hydrogens is 765 g/mol. The third kappa shape index (κ3) is 6.13. The third-order valence-electron chi connectivity index (χ3n) is 12.4. The maximum Gasteiger partial charge on any atom is 0.143 e. The highest BCUT2D eigenvalue weighted by Gasteiger charge is 2.23. The summed E-state index contributed by atoms with van der Waals surface area (Å²) in [6, 6.07) is 87.0. The van der Waals surface area contributed by atoms with Crippen molar-refractivity contribution >= 4 is 60.8 Å². The minimum atomic E-state index is 0.885. The summed E-state index contributed by atoms with van der Waals surface area (Å²) in [5, 5.41) is 4.73. The van der Waals surface area contributed by atoms with Crippen LogP contribution >= 0.6 is 0 Å². The smallest absolute Gasteiger partial charge is 0.143 e. The molecule has 2 aromatic heterocycles. The number of nitrogens with zero attached hydrogens (tertiary/aromatic N) is 2. The maximum atomic E-state index is 6.64. The fraction of sp³-hybridized carbons (Fsp3) is 0. The van der Waals surface area contributed by atoms with E-state index in [0.29, 0.717) is 0 Å². The number of para-hydroxylation sites is 7. The second-order valence-electron chi connectivity index (χ2n) is 16.0. The Morgan fingerprint density at radius 1 is 0.302 bits per heavy atom. The Balaban J connectivity index is 1.02. The van der Waals surface area contributed by atoms with Gasteiger partial charge in [-0.3, -0.25) is 0 Å². The molecule has 12 rings (SSSR count). The van der Waals surface area contributed by atoms with Crippen LogP contribution in [0.3, 0.4) is 0 Å². The molecule has 0 radical (unpaired) electrons. The Hall–Kier alpha value is -8.40. The van der Waals surface area contributed by atoms with E-state index in [2.05, 4.69) is 246 Å². The number of furan rings is 1. The summed E-state index contributed by atoms with van der Waals surface area (Å²) in [5.41, 5.74) is 17.6. The largest absolute Gasteiger partial charge is 0.455 e. The summed E-state index contributed by atoms with van der Waals surface area (Å²) in [6.07, 6.45) is 0. The zero-order chi connectivity index (χ0) is 41.7. The molecule has 0 bridgehead atoms. The van der Waals surface area contributed by atoms with Crippen LogP contribution in [0, 0.1) is 0 Å². The molecule has 0 aliphatic carbocycles. The van der Waals surface area contributed by atoms with Crippen molar-refractivity contribution in [3.8, 4) is 50.2 Å². The first-order valence-electron chi connectivity index (χ1n) is 21.5. The van der Waals surface area contributed by atoms with Gasteiger partial charge >= 0.3 is 0 Å². The first-order valence-corrected chi connectivity index (χ1v) is 21.5. The number of fused-ring (bicyclic) bond motifs is 6. The van der Waals surface area contributed by atoms with E-state index in [4.69, 9.17) is 4.42 Å². The van der Waals surface area contributed by atoms with E-state index >= 15 is 0 Å². The lowest BCUT2D eigenvalue weighted by Gasteiger charge is -2.30. The first kappa shape index (κ1) is 36.5. The van der Waals surface area contributed by atoms with Crippen LogP contribution in [0.2, 0.25) is 0 Å². The molecule has 63 heavy (non-hydrogen) atoms. The van der Waals surface area contributed by atoms with E-state index in [1.807, 2.05) is 6.07 Å². The van der Waals surface area contributed by atoms with Crippen LogP contribution < -0.4 is 4.90 Å². The minimum Gasteiger partial charge on any atom is -0.455 e. The molecule has 3 nitrogen and oxygen atoms in total. The first-order chi connectivity index (χ1) is 31.3. The number of aromatic nitrogens is 1. The van der Waals surface area contributed by atoms with Gasteiger partial charge in [-0.25, -0.2) is 0 Å². The molecule has 10 aromatic carbocycles. The fourth-order valence-electron chi connectivity index (χ4n) is 9.63. The molecule has 0 saturated carbocycles. The molecule has 2 heterocycles. The normalized spacial score (nSPS) is 11.5. The summed E-state index contributed by atoms with van der Waals surface area (Å²) >= 11 is 0. The van der Waals surface area contributed by atoms with Gasteiger partial charge in [-0.2, -0.15) is 0 Å². The van der Waals surface area contributed by atoms with Gasteiger partial charge in [0.15, 0.2) is 0 Å². The van der Waals surface area contributed by atoms with Crippen molar-refractivity contribution in [1.29, 1.82) is 0 Å². The van der Waals surface area contributed by atoms with E-state index in [0.717, 1.165) is 72.5 Å².